The van der Waals surface area contributed by atoms with Crippen molar-refractivity contribution in [3.8, 4) is 0 Å². The highest BCUT2D eigenvalue weighted by atomic mass is 19.4. The smallest absolute Gasteiger partial charge is 0.384 e. The molecule has 0 unspecified atom stereocenters. The van der Waals surface area contributed by atoms with E-state index in [0.29, 0.717) is 6.54 Å². The van der Waals surface area contributed by atoms with Crippen LogP contribution in [0, 0.1) is 5.41 Å². The van der Waals surface area contributed by atoms with Gasteiger partial charge in [0.05, 0.1) is 5.56 Å². The summed E-state index contributed by atoms with van der Waals surface area (Å²) in [6.07, 6.45) is -4.51. The highest BCUT2D eigenvalue weighted by Crippen LogP contribution is 2.31. The number of amidine groups is 1. The lowest BCUT2D eigenvalue weighted by molar-refractivity contribution is -0.141. The molecule has 0 aliphatic rings. The lowest BCUT2D eigenvalue weighted by atomic mass is 10.1. The fourth-order valence-corrected chi connectivity index (χ4v) is 1.79. The zero-order valence-corrected chi connectivity index (χ0v) is 11.0. The molecule has 0 aromatic carbocycles. The van der Waals surface area contributed by atoms with Crippen LogP contribution in [0.4, 0.5) is 19.0 Å². The number of pyridine rings is 1. The molecule has 1 aromatic rings. The van der Waals surface area contributed by atoms with Gasteiger partial charge in [0.1, 0.15) is 17.3 Å². The SMILES string of the molecule is CCN(c1nc(C(F)(F)F)ccc1C(=N)N)C(C)C. The van der Waals surface area contributed by atoms with Gasteiger partial charge in [-0.05, 0) is 32.9 Å². The molecule has 0 radical (unpaired) electrons. The predicted molar refractivity (Wildman–Crippen MR) is 68.4 cm³/mol. The number of nitrogens with zero attached hydrogens (tertiary/aromatic N) is 2. The van der Waals surface area contributed by atoms with Gasteiger partial charge in [0.2, 0.25) is 0 Å². The summed E-state index contributed by atoms with van der Waals surface area (Å²) >= 11 is 0. The fraction of sp³-hybridized carbons (Fsp3) is 0.500. The molecule has 0 aliphatic heterocycles. The molecule has 0 aliphatic carbocycles. The zero-order valence-electron chi connectivity index (χ0n) is 11.0. The molecular formula is C12H17F3N4. The topological polar surface area (TPSA) is 66.0 Å². The lowest BCUT2D eigenvalue weighted by Crippen LogP contribution is -2.34. The molecule has 0 saturated carbocycles. The van der Waals surface area contributed by atoms with Crippen molar-refractivity contribution in [2.75, 3.05) is 11.4 Å². The number of nitrogens with two attached hydrogens (primary N) is 1. The summed E-state index contributed by atoms with van der Waals surface area (Å²) in [5, 5.41) is 7.44. The van der Waals surface area contributed by atoms with E-state index in [-0.39, 0.29) is 23.3 Å². The minimum absolute atomic E-state index is 0.0425. The van der Waals surface area contributed by atoms with E-state index in [9.17, 15) is 13.2 Å². The predicted octanol–water partition coefficient (Wildman–Crippen LogP) is 2.62. The first-order valence-electron chi connectivity index (χ1n) is 5.87. The Morgan fingerprint density at radius 3 is 2.37 bits per heavy atom. The lowest BCUT2D eigenvalue weighted by Gasteiger charge is -2.28. The number of anilines is 1. The average Bonchev–Trinajstić information content (AvgIpc) is 2.27. The Balaban J connectivity index is 3.42. The maximum Gasteiger partial charge on any atom is 0.433 e. The van der Waals surface area contributed by atoms with E-state index in [0.717, 1.165) is 6.07 Å². The van der Waals surface area contributed by atoms with E-state index in [1.54, 1.807) is 4.90 Å². The summed E-state index contributed by atoms with van der Waals surface area (Å²) in [7, 11) is 0. The molecule has 4 nitrogen and oxygen atoms in total. The molecular weight excluding hydrogens is 257 g/mol. The highest BCUT2D eigenvalue weighted by Gasteiger charge is 2.34. The van der Waals surface area contributed by atoms with E-state index < -0.39 is 11.9 Å². The van der Waals surface area contributed by atoms with Crippen molar-refractivity contribution in [1.29, 1.82) is 5.41 Å². The molecule has 1 aromatic heterocycles. The number of hydrogen-bond acceptors (Lipinski definition) is 3. The number of rotatable bonds is 4. The van der Waals surface area contributed by atoms with Gasteiger partial charge in [-0.25, -0.2) is 4.98 Å². The van der Waals surface area contributed by atoms with Crippen molar-refractivity contribution in [3.05, 3.63) is 23.4 Å². The first-order chi connectivity index (χ1) is 8.68. The van der Waals surface area contributed by atoms with Crippen molar-refractivity contribution < 1.29 is 13.2 Å². The minimum atomic E-state index is -4.51. The van der Waals surface area contributed by atoms with Gasteiger partial charge in [-0.1, -0.05) is 0 Å². The van der Waals surface area contributed by atoms with Crippen LogP contribution >= 0.6 is 0 Å². The number of aromatic nitrogens is 1. The van der Waals surface area contributed by atoms with Crippen molar-refractivity contribution in [2.24, 2.45) is 5.73 Å². The van der Waals surface area contributed by atoms with Crippen molar-refractivity contribution in [1.82, 2.24) is 4.98 Å². The number of halogens is 3. The second-order valence-corrected chi connectivity index (χ2v) is 4.36. The van der Waals surface area contributed by atoms with Crippen molar-refractivity contribution in [2.45, 2.75) is 33.0 Å². The van der Waals surface area contributed by atoms with E-state index >= 15 is 0 Å². The summed E-state index contributed by atoms with van der Waals surface area (Å²) in [5.74, 6) is -0.199. The van der Waals surface area contributed by atoms with Crippen LogP contribution in [0.2, 0.25) is 0 Å². The van der Waals surface area contributed by atoms with Crippen LogP contribution in [0.1, 0.15) is 32.0 Å². The summed E-state index contributed by atoms with van der Waals surface area (Å²) in [6.45, 7) is 5.98. The van der Waals surface area contributed by atoms with Crippen LogP contribution in [0.15, 0.2) is 12.1 Å². The third kappa shape index (κ3) is 3.36. The van der Waals surface area contributed by atoms with Crippen molar-refractivity contribution >= 4 is 11.7 Å². The summed E-state index contributed by atoms with van der Waals surface area (Å²) in [5.41, 5.74) is 4.63. The van der Waals surface area contributed by atoms with Crippen LogP contribution in [0.3, 0.4) is 0 Å². The summed E-state index contributed by atoms with van der Waals surface area (Å²) in [4.78, 5) is 5.31. The molecule has 0 bridgehead atoms. The van der Waals surface area contributed by atoms with Crippen LogP contribution in [0.5, 0.6) is 0 Å². The number of hydrogen-bond donors (Lipinski definition) is 2. The van der Waals surface area contributed by atoms with E-state index in [4.69, 9.17) is 11.1 Å². The number of nitrogen functional groups attached to an aromatic ring is 1. The van der Waals surface area contributed by atoms with E-state index in [1.807, 2.05) is 20.8 Å². The third-order valence-corrected chi connectivity index (χ3v) is 2.69. The highest BCUT2D eigenvalue weighted by molar-refractivity contribution is 5.99. The molecule has 0 amide bonds. The average molecular weight is 274 g/mol. The summed E-state index contributed by atoms with van der Waals surface area (Å²) < 4.78 is 38.1. The monoisotopic (exact) mass is 274 g/mol. The largest absolute Gasteiger partial charge is 0.433 e. The van der Waals surface area contributed by atoms with Crippen LogP contribution < -0.4 is 10.6 Å². The number of alkyl halides is 3. The van der Waals surface area contributed by atoms with Gasteiger partial charge < -0.3 is 10.6 Å². The Labute approximate surface area is 109 Å². The quantitative estimate of drug-likeness (QED) is 0.655. The van der Waals surface area contributed by atoms with E-state index in [2.05, 4.69) is 4.98 Å². The molecule has 1 rings (SSSR count). The maximum atomic E-state index is 12.7. The van der Waals surface area contributed by atoms with Gasteiger partial charge in [0, 0.05) is 12.6 Å². The zero-order chi connectivity index (χ0) is 14.8. The normalized spacial score (nSPS) is 11.7. The van der Waals surface area contributed by atoms with Gasteiger partial charge in [0.25, 0.3) is 0 Å². The molecule has 1 heterocycles. The van der Waals surface area contributed by atoms with Gasteiger partial charge in [0.15, 0.2) is 0 Å². The Hall–Kier alpha value is -1.79. The molecule has 0 saturated heterocycles. The first-order valence-corrected chi connectivity index (χ1v) is 5.87. The van der Waals surface area contributed by atoms with Crippen LogP contribution in [-0.2, 0) is 6.18 Å². The van der Waals surface area contributed by atoms with E-state index in [1.165, 1.54) is 6.07 Å². The van der Waals surface area contributed by atoms with Gasteiger partial charge in [-0.3, -0.25) is 5.41 Å². The van der Waals surface area contributed by atoms with Crippen LogP contribution in [0.25, 0.3) is 0 Å². The fourth-order valence-electron chi connectivity index (χ4n) is 1.79. The first kappa shape index (κ1) is 15.3. The molecule has 3 N–H and O–H groups in total. The van der Waals surface area contributed by atoms with Crippen LogP contribution in [-0.4, -0.2) is 23.4 Å². The molecule has 7 heteroatoms. The molecule has 106 valence electrons. The second-order valence-electron chi connectivity index (χ2n) is 4.36. The molecule has 0 fully saturated rings. The number of nitrogens with one attached hydrogen (secondary N) is 1. The minimum Gasteiger partial charge on any atom is -0.384 e. The molecule has 0 atom stereocenters. The summed E-state index contributed by atoms with van der Waals surface area (Å²) in [6, 6.07) is 1.99. The second kappa shape index (κ2) is 5.46. The molecule has 0 spiro atoms. The third-order valence-electron chi connectivity index (χ3n) is 2.69. The Bertz CT molecular complexity index is 469. The standard InChI is InChI=1S/C12H17F3N4/c1-4-19(7(2)3)11-8(10(16)17)5-6-9(18-11)12(13,14)15/h5-7H,4H2,1-3H3,(H3,16,17). The maximum absolute atomic E-state index is 12.7. The Morgan fingerprint density at radius 2 is 2.00 bits per heavy atom. The van der Waals surface area contributed by atoms with Gasteiger partial charge in [-0.2, -0.15) is 13.2 Å². The molecule has 19 heavy (non-hydrogen) atoms. The van der Waals surface area contributed by atoms with Crippen molar-refractivity contribution in [3.63, 3.8) is 0 Å². The van der Waals surface area contributed by atoms with Gasteiger partial charge >= 0.3 is 6.18 Å². The Morgan fingerprint density at radius 1 is 1.42 bits per heavy atom. The Kier molecular flexibility index (Phi) is 4.39. The van der Waals surface area contributed by atoms with Gasteiger partial charge in [-0.15, -0.1) is 0 Å².